The van der Waals surface area contributed by atoms with Crippen molar-refractivity contribution in [1.82, 2.24) is 13.4 Å². The third-order valence-electron chi connectivity index (χ3n) is 3.13. The van der Waals surface area contributed by atoms with Gasteiger partial charge in [0.1, 0.15) is 6.04 Å². The lowest BCUT2D eigenvalue weighted by molar-refractivity contribution is -0.140. The number of aryl methyl sites for hydroxylation is 1. The van der Waals surface area contributed by atoms with Crippen molar-refractivity contribution in [1.29, 1.82) is 0 Å². The van der Waals surface area contributed by atoms with Crippen molar-refractivity contribution in [2.24, 2.45) is 14.1 Å². The fourth-order valence-corrected chi connectivity index (χ4v) is 5.22. The molecule has 11 heteroatoms. The first-order valence-corrected chi connectivity index (χ1v) is 8.36. The van der Waals surface area contributed by atoms with Gasteiger partial charge in [0.05, 0.1) is 5.88 Å². The highest BCUT2D eigenvalue weighted by Crippen LogP contribution is 2.26. The molecule has 1 atom stereocenters. The summed E-state index contributed by atoms with van der Waals surface area (Å²) in [6.45, 7) is 0. The predicted molar refractivity (Wildman–Crippen MR) is 74.7 cm³/mol. The van der Waals surface area contributed by atoms with Gasteiger partial charge in [0.2, 0.25) is 0 Å². The number of thioether (sulfide) groups is 1. The lowest BCUT2D eigenvalue weighted by atomic mass is 10.4. The van der Waals surface area contributed by atoms with Crippen LogP contribution < -0.4 is 11.2 Å². The molecule has 21 heavy (non-hydrogen) atoms. The number of hydrogen-bond acceptors (Lipinski definition) is 6. The van der Waals surface area contributed by atoms with E-state index in [0.717, 1.165) is 33.9 Å². The summed E-state index contributed by atoms with van der Waals surface area (Å²) in [7, 11) is -1.81. The molecule has 9 nitrogen and oxygen atoms in total. The largest absolute Gasteiger partial charge is 0.480 e. The van der Waals surface area contributed by atoms with Crippen molar-refractivity contribution in [3.05, 3.63) is 27.0 Å². The average Bonchev–Trinajstić information content (AvgIpc) is 2.90. The molecular weight excluding hydrogens is 322 g/mol. The van der Waals surface area contributed by atoms with E-state index in [0.29, 0.717) is 4.57 Å². The third-order valence-corrected chi connectivity index (χ3v) is 6.14. The van der Waals surface area contributed by atoms with E-state index in [9.17, 15) is 22.8 Å². The molecule has 1 aromatic heterocycles. The molecule has 0 aliphatic carbocycles. The Morgan fingerprint density at radius 2 is 2.00 bits per heavy atom. The van der Waals surface area contributed by atoms with Gasteiger partial charge >= 0.3 is 11.7 Å². The molecule has 0 bridgehead atoms. The monoisotopic (exact) mass is 335 g/mol. The van der Waals surface area contributed by atoms with Gasteiger partial charge in [-0.2, -0.15) is 4.31 Å². The zero-order valence-corrected chi connectivity index (χ0v) is 12.8. The van der Waals surface area contributed by atoms with E-state index in [1.165, 1.54) is 7.05 Å². The van der Waals surface area contributed by atoms with Gasteiger partial charge in [-0.15, -0.1) is 11.8 Å². The van der Waals surface area contributed by atoms with Crippen LogP contribution in [0.3, 0.4) is 0 Å². The Morgan fingerprint density at radius 1 is 1.38 bits per heavy atom. The highest BCUT2D eigenvalue weighted by molar-refractivity contribution is 8.00. The van der Waals surface area contributed by atoms with E-state index in [-0.39, 0.29) is 11.6 Å². The van der Waals surface area contributed by atoms with E-state index >= 15 is 0 Å². The Hall–Kier alpha value is -1.59. The first-order valence-electron chi connectivity index (χ1n) is 5.77. The van der Waals surface area contributed by atoms with Crippen molar-refractivity contribution in [3.63, 3.8) is 0 Å². The van der Waals surface area contributed by atoms with E-state index in [1.54, 1.807) is 0 Å². The summed E-state index contributed by atoms with van der Waals surface area (Å²) in [5.74, 6) is -1.21. The smallest absolute Gasteiger partial charge is 0.330 e. The van der Waals surface area contributed by atoms with E-state index in [4.69, 9.17) is 5.11 Å². The lowest BCUT2D eigenvalue weighted by Gasteiger charge is -2.20. The number of carboxylic acids is 1. The van der Waals surface area contributed by atoms with Crippen LogP contribution in [0.5, 0.6) is 0 Å². The fraction of sp³-hybridized carbons (Fsp3) is 0.500. The minimum Gasteiger partial charge on any atom is -0.480 e. The molecule has 1 fully saturated rings. The van der Waals surface area contributed by atoms with Gasteiger partial charge in [0, 0.05) is 26.0 Å². The van der Waals surface area contributed by atoms with Gasteiger partial charge in [0.15, 0.2) is 4.90 Å². The second kappa shape index (κ2) is 5.31. The summed E-state index contributed by atoms with van der Waals surface area (Å²) >= 11 is 1.15. The van der Waals surface area contributed by atoms with Crippen molar-refractivity contribution in [2.45, 2.75) is 10.9 Å². The Labute approximate surface area is 123 Å². The summed E-state index contributed by atoms with van der Waals surface area (Å²) in [4.78, 5) is 34.1. The van der Waals surface area contributed by atoms with Gasteiger partial charge < -0.3 is 9.67 Å². The molecule has 1 aliphatic heterocycles. The summed E-state index contributed by atoms with van der Waals surface area (Å²) in [6, 6.07) is -1.22. The number of carbonyl (C=O) groups is 1. The van der Waals surface area contributed by atoms with Crippen LogP contribution in [0, 0.1) is 0 Å². The van der Waals surface area contributed by atoms with Crippen LogP contribution in [0.25, 0.3) is 0 Å². The molecule has 1 saturated heterocycles. The number of hydrogen-bond donors (Lipinski definition) is 1. The van der Waals surface area contributed by atoms with E-state index in [2.05, 4.69) is 0 Å². The maximum atomic E-state index is 12.5. The van der Waals surface area contributed by atoms with Crippen LogP contribution >= 0.6 is 11.8 Å². The Balaban J connectivity index is 2.63. The highest BCUT2D eigenvalue weighted by atomic mass is 32.2. The highest BCUT2D eigenvalue weighted by Gasteiger charge is 2.41. The molecule has 1 aliphatic rings. The van der Waals surface area contributed by atoms with Gasteiger partial charge in [0.25, 0.3) is 15.6 Å². The molecule has 0 saturated carbocycles. The molecule has 116 valence electrons. The second-order valence-corrected chi connectivity index (χ2v) is 7.36. The maximum Gasteiger partial charge on any atom is 0.330 e. The van der Waals surface area contributed by atoms with Crippen LogP contribution in [-0.4, -0.2) is 50.6 Å². The maximum absolute atomic E-state index is 12.5. The SMILES string of the molecule is Cn1cc(S(=O)(=O)N2CSC[C@H]2C(=O)O)c(=O)n(C)c1=O. The van der Waals surface area contributed by atoms with Gasteiger partial charge in [-0.3, -0.25) is 14.2 Å². The average molecular weight is 335 g/mol. The van der Waals surface area contributed by atoms with Crippen molar-refractivity contribution < 1.29 is 18.3 Å². The van der Waals surface area contributed by atoms with Crippen LogP contribution in [0.4, 0.5) is 0 Å². The van der Waals surface area contributed by atoms with Crippen LogP contribution in [0.1, 0.15) is 0 Å². The third kappa shape index (κ3) is 2.51. The Kier molecular flexibility index (Phi) is 4.00. The Morgan fingerprint density at radius 3 is 2.57 bits per heavy atom. The number of nitrogens with zero attached hydrogens (tertiary/aromatic N) is 3. The number of aliphatic carboxylic acids is 1. The molecule has 1 N–H and O–H groups in total. The number of sulfonamides is 1. The minimum atomic E-state index is -4.29. The topological polar surface area (TPSA) is 119 Å². The normalized spacial score (nSPS) is 19.8. The molecular formula is C10H13N3O6S2. The minimum absolute atomic E-state index is 0.0503. The number of aromatic nitrogens is 2. The van der Waals surface area contributed by atoms with Crippen molar-refractivity contribution in [2.75, 3.05) is 11.6 Å². The molecule has 0 unspecified atom stereocenters. The second-order valence-electron chi connectivity index (χ2n) is 4.50. The summed E-state index contributed by atoms with van der Waals surface area (Å²) in [6.07, 6.45) is 0.919. The first kappa shape index (κ1) is 15.8. The summed E-state index contributed by atoms with van der Waals surface area (Å²) in [5, 5.41) is 9.06. The molecule has 0 aromatic carbocycles. The summed E-state index contributed by atoms with van der Waals surface area (Å²) < 4.78 is 27.4. The van der Waals surface area contributed by atoms with Gasteiger partial charge in [-0.1, -0.05) is 0 Å². The molecule has 0 radical (unpaired) electrons. The zero-order valence-electron chi connectivity index (χ0n) is 11.2. The molecule has 1 aromatic rings. The molecule has 2 heterocycles. The van der Waals surface area contributed by atoms with Crippen molar-refractivity contribution in [3.8, 4) is 0 Å². The van der Waals surface area contributed by atoms with Crippen LogP contribution in [0.15, 0.2) is 20.7 Å². The van der Waals surface area contributed by atoms with E-state index in [1.807, 2.05) is 0 Å². The number of carboxylic acid groups (broad SMARTS) is 1. The van der Waals surface area contributed by atoms with Crippen LogP contribution in [0.2, 0.25) is 0 Å². The van der Waals surface area contributed by atoms with Crippen LogP contribution in [-0.2, 0) is 28.9 Å². The van der Waals surface area contributed by atoms with E-state index < -0.39 is 38.2 Å². The van der Waals surface area contributed by atoms with Gasteiger partial charge in [-0.05, 0) is 0 Å². The first-order chi connectivity index (χ1) is 9.67. The lowest BCUT2D eigenvalue weighted by Crippen LogP contribution is -2.46. The number of rotatable bonds is 3. The predicted octanol–water partition coefficient (Wildman–Crippen LogP) is -1.77. The standard InChI is InChI=1S/C10H13N3O6S2/c1-11-3-7(8(14)12(2)10(11)17)21(18,19)13-5-20-4-6(13)9(15)16/h3,6H,4-5H2,1-2H3,(H,15,16)/t6-/m0/s1. The zero-order chi connectivity index (χ0) is 15.9. The summed E-state index contributed by atoms with van der Waals surface area (Å²) in [5.41, 5.74) is -1.64. The fourth-order valence-electron chi connectivity index (χ4n) is 1.94. The van der Waals surface area contributed by atoms with Crippen molar-refractivity contribution >= 4 is 27.8 Å². The van der Waals surface area contributed by atoms with Gasteiger partial charge in [-0.25, -0.2) is 13.2 Å². The quantitative estimate of drug-likeness (QED) is 0.694. The molecule has 0 spiro atoms. The Bertz CT molecular complexity index is 809. The molecule has 0 amide bonds. The molecule has 2 rings (SSSR count).